The van der Waals surface area contributed by atoms with Gasteiger partial charge in [0.05, 0.1) is 16.9 Å². The van der Waals surface area contributed by atoms with Crippen molar-refractivity contribution >= 4 is 17.0 Å². The molecule has 0 unspecified atom stereocenters. The predicted molar refractivity (Wildman–Crippen MR) is 179 cm³/mol. The van der Waals surface area contributed by atoms with Crippen molar-refractivity contribution in [2.24, 2.45) is 5.73 Å². The second-order valence-electron chi connectivity index (χ2n) is 10.5. The SMILES string of the molecule is Cc1c(/C=C\N)c2ccccc2n1-c1ccc(-c2cccc(-c3nc(-c4ccccc4)cc(-c4ccccc4)n3)c2)cc1. The fourth-order valence-electron chi connectivity index (χ4n) is 5.76. The van der Waals surface area contributed by atoms with Crippen LogP contribution in [0.5, 0.6) is 0 Å². The van der Waals surface area contributed by atoms with Gasteiger partial charge in [0.2, 0.25) is 0 Å². The summed E-state index contributed by atoms with van der Waals surface area (Å²) in [6, 6.07) is 48.2. The van der Waals surface area contributed by atoms with Crippen LogP contribution in [0, 0.1) is 6.92 Å². The fraction of sp³-hybridized carbons (Fsp3) is 0.0256. The van der Waals surface area contributed by atoms with E-state index in [1.54, 1.807) is 6.20 Å². The average Bonchev–Trinajstić information content (AvgIpc) is 3.36. The molecule has 0 aliphatic rings. The molecule has 2 N–H and O–H groups in total. The van der Waals surface area contributed by atoms with Crippen LogP contribution in [0.25, 0.3) is 67.7 Å². The molecular weight excluding hydrogens is 524 g/mol. The molecule has 0 saturated carbocycles. The first-order chi connectivity index (χ1) is 21.2. The normalized spacial score (nSPS) is 11.4. The van der Waals surface area contributed by atoms with Gasteiger partial charge in [0, 0.05) is 39.0 Å². The number of para-hydroxylation sites is 1. The molecule has 0 bridgehead atoms. The van der Waals surface area contributed by atoms with Crippen LogP contribution < -0.4 is 5.73 Å². The topological polar surface area (TPSA) is 56.7 Å². The maximum absolute atomic E-state index is 5.78. The summed E-state index contributed by atoms with van der Waals surface area (Å²) in [6.07, 6.45) is 3.59. The molecular formula is C39H30N4. The minimum Gasteiger partial charge on any atom is -0.405 e. The first-order valence-electron chi connectivity index (χ1n) is 14.4. The highest BCUT2D eigenvalue weighted by molar-refractivity contribution is 5.92. The van der Waals surface area contributed by atoms with Crippen molar-refractivity contribution in [1.29, 1.82) is 0 Å². The summed E-state index contributed by atoms with van der Waals surface area (Å²) in [7, 11) is 0. The summed E-state index contributed by atoms with van der Waals surface area (Å²) < 4.78 is 2.29. The number of fused-ring (bicyclic) bond motifs is 1. The lowest BCUT2D eigenvalue weighted by molar-refractivity contribution is 1.05. The Hall–Kier alpha value is -5.74. The van der Waals surface area contributed by atoms with E-state index in [9.17, 15) is 0 Å². The predicted octanol–water partition coefficient (Wildman–Crippen LogP) is 9.33. The molecule has 2 heterocycles. The Morgan fingerprint density at radius 1 is 0.558 bits per heavy atom. The molecule has 2 aromatic heterocycles. The molecule has 4 nitrogen and oxygen atoms in total. The van der Waals surface area contributed by atoms with Crippen LogP contribution in [0.1, 0.15) is 11.3 Å². The van der Waals surface area contributed by atoms with Crippen molar-refractivity contribution in [3.05, 3.63) is 157 Å². The third-order valence-electron chi connectivity index (χ3n) is 7.87. The Bertz CT molecular complexity index is 2020. The summed E-state index contributed by atoms with van der Waals surface area (Å²) in [5.74, 6) is 0.702. The third kappa shape index (κ3) is 5.00. The standard InChI is InChI=1S/C39H30N4/c1-27-34(23-24-40)35-17-8-9-18-38(35)43(27)33-21-19-28(20-22-33)31-15-10-16-32(25-31)39-41-36(29-11-4-2-5-12-29)26-37(42-39)30-13-6-3-7-14-30/h2-26H,40H2,1H3/b24-23-. The highest BCUT2D eigenvalue weighted by Crippen LogP contribution is 2.33. The lowest BCUT2D eigenvalue weighted by Gasteiger charge is -2.12. The summed E-state index contributed by atoms with van der Waals surface area (Å²) >= 11 is 0. The molecule has 206 valence electrons. The van der Waals surface area contributed by atoms with Gasteiger partial charge in [0.15, 0.2) is 5.82 Å². The zero-order valence-electron chi connectivity index (χ0n) is 23.9. The highest BCUT2D eigenvalue weighted by atomic mass is 15.0. The maximum Gasteiger partial charge on any atom is 0.160 e. The van der Waals surface area contributed by atoms with E-state index in [1.165, 1.54) is 5.39 Å². The lowest BCUT2D eigenvalue weighted by Crippen LogP contribution is -1.97. The quantitative estimate of drug-likeness (QED) is 0.223. The average molecular weight is 555 g/mol. The number of nitrogens with zero attached hydrogens (tertiary/aromatic N) is 3. The summed E-state index contributed by atoms with van der Waals surface area (Å²) in [4.78, 5) is 10.0. The van der Waals surface area contributed by atoms with Gasteiger partial charge in [0.1, 0.15) is 0 Å². The van der Waals surface area contributed by atoms with E-state index in [-0.39, 0.29) is 0 Å². The second-order valence-corrected chi connectivity index (χ2v) is 10.5. The van der Waals surface area contributed by atoms with Crippen LogP contribution in [0.4, 0.5) is 0 Å². The molecule has 5 aromatic carbocycles. The van der Waals surface area contributed by atoms with E-state index in [0.717, 1.165) is 61.7 Å². The van der Waals surface area contributed by atoms with Crippen molar-refractivity contribution < 1.29 is 0 Å². The van der Waals surface area contributed by atoms with Crippen molar-refractivity contribution in [3.63, 3.8) is 0 Å². The number of nitrogens with two attached hydrogens (primary N) is 1. The largest absolute Gasteiger partial charge is 0.405 e. The summed E-state index contributed by atoms with van der Waals surface area (Å²) in [6.45, 7) is 2.14. The van der Waals surface area contributed by atoms with E-state index in [4.69, 9.17) is 15.7 Å². The van der Waals surface area contributed by atoms with Crippen LogP contribution in [-0.2, 0) is 0 Å². The molecule has 0 fully saturated rings. The summed E-state index contributed by atoms with van der Waals surface area (Å²) in [5, 5.41) is 1.19. The minimum absolute atomic E-state index is 0.702. The highest BCUT2D eigenvalue weighted by Gasteiger charge is 2.14. The van der Waals surface area contributed by atoms with Gasteiger partial charge in [-0.15, -0.1) is 0 Å². The number of benzene rings is 5. The first kappa shape index (κ1) is 26.2. The van der Waals surface area contributed by atoms with Gasteiger partial charge < -0.3 is 10.3 Å². The first-order valence-corrected chi connectivity index (χ1v) is 14.4. The maximum atomic E-state index is 5.78. The van der Waals surface area contributed by atoms with Crippen LogP contribution in [0.15, 0.2) is 146 Å². The van der Waals surface area contributed by atoms with Crippen LogP contribution >= 0.6 is 0 Å². The van der Waals surface area contributed by atoms with Crippen LogP contribution in [0.2, 0.25) is 0 Å². The van der Waals surface area contributed by atoms with Crippen molar-refractivity contribution in [1.82, 2.24) is 14.5 Å². The van der Waals surface area contributed by atoms with Gasteiger partial charge in [-0.05, 0) is 60.7 Å². The fourth-order valence-corrected chi connectivity index (χ4v) is 5.76. The molecule has 0 aliphatic carbocycles. The monoisotopic (exact) mass is 554 g/mol. The molecule has 4 heteroatoms. The van der Waals surface area contributed by atoms with E-state index in [2.05, 4.69) is 115 Å². The van der Waals surface area contributed by atoms with Crippen LogP contribution in [-0.4, -0.2) is 14.5 Å². The van der Waals surface area contributed by atoms with Gasteiger partial charge in [-0.25, -0.2) is 9.97 Å². The minimum atomic E-state index is 0.702. The van der Waals surface area contributed by atoms with Gasteiger partial charge in [0.25, 0.3) is 0 Å². The molecule has 0 amide bonds. The Morgan fingerprint density at radius 3 is 1.79 bits per heavy atom. The van der Waals surface area contributed by atoms with Crippen molar-refractivity contribution in [2.45, 2.75) is 6.92 Å². The lowest BCUT2D eigenvalue weighted by atomic mass is 10.0. The Labute approximate surface area is 251 Å². The van der Waals surface area contributed by atoms with Crippen molar-refractivity contribution in [2.75, 3.05) is 0 Å². The van der Waals surface area contributed by atoms with Gasteiger partial charge in [-0.2, -0.15) is 0 Å². The van der Waals surface area contributed by atoms with E-state index in [1.807, 2.05) is 42.5 Å². The van der Waals surface area contributed by atoms with E-state index in [0.29, 0.717) is 5.82 Å². The molecule has 7 aromatic rings. The van der Waals surface area contributed by atoms with Gasteiger partial charge >= 0.3 is 0 Å². The zero-order chi connectivity index (χ0) is 29.2. The smallest absolute Gasteiger partial charge is 0.160 e. The molecule has 0 saturated heterocycles. The van der Waals surface area contributed by atoms with Gasteiger partial charge in [-0.3, -0.25) is 0 Å². The Morgan fingerprint density at radius 2 is 1.14 bits per heavy atom. The molecule has 0 radical (unpaired) electrons. The number of rotatable bonds is 6. The number of hydrogen-bond acceptors (Lipinski definition) is 3. The molecule has 0 spiro atoms. The van der Waals surface area contributed by atoms with E-state index >= 15 is 0 Å². The van der Waals surface area contributed by atoms with E-state index < -0.39 is 0 Å². The Kier molecular flexibility index (Phi) is 6.86. The molecule has 43 heavy (non-hydrogen) atoms. The van der Waals surface area contributed by atoms with Gasteiger partial charge in [-0.1, -0.05) is 109 Å². The second kappa shape index (κ2) is 11.3. The molecule has 0 aliphatic heterocycles. The third-order valence-corrected chi connectivity index (χ3v) is 7.87. The zero-order valence-corrected chi connectivity index (χ0v) is 23.9. The van der Waals surface area contributed by atoms with Crippen molar-refractivity contribution in [3.8, 4) is 50.7 Å². The Balaban J connectivity index is 1.28. The molecule has 7 rings (SSSR count). The molecule has 0 atom stereocenters. The number of hydrogen-bond donors (Lipinski definition) is 1. The number of aromatic nitrogens is 3. The summed E-state index contributed by atoms with van der Waals surface area (Å²) in [5.41, 5.74) is 17.5. The van der Waals surface area contributed by atoms with Crippen LogP contribution in [0.3, 0.4) is 0 Å².